The van der Waals surface area contributed by atoms with E-state index in [0.717, 1.165) is 22.4 Å². The average molecular weight is 542 g/mol. The molecule has 8 heteroatoms. The van der Waals surface area contributed by atoms with Gasteiger partial charge in [-0.1, -0.05) is 66.8 Å². The second-order valence-electron chi connectivity index (χ2n) is 11.5. The number of aliphatic hydroxyl groups excluding tert-OH is 1. The number of anilines is 1. The summed E-state index contributed by atoms with van der Waals surface area (Å²) in [7, 11) is 0. The zero-order valence-electron chi connectivity index (χ0n) is 23.1. The molecule has 5 atom stereocenters. The van der Waals surface area contributed by atoms with Crippen molar-refractivity contribution in [1.82, 2.24) is 9.80 Å². The number of likely N-dealkylation sites (tertiary alicyclic amines) is 1. The number of rotatable bonds is 5. The van der Waals surface area contributed by atoms with E-state index in [1.165, 1.54) is 4.90 Å². The molecule has 4 aliphatic heterocycles. The van der Waals surface area contributed by atoms with E-state index in [4.69, 9.17) is 4.74 Å². The predicted molar refractivity (Wildman–Crippen MR) is 150 cm³/mol. The minimum atomic E-state index is -1.34. The van der Waals surface area contributed by atoms with E-state index in [1.807, 2.05) is 93.6 Å². The van der Waals surface area contributed by atoms with Gasteiger partial charge in [-0.3, -0.25) is 14.4 Å². The van der Waals surface area contributed by atoms with Gasteiger partial charge in [0.25, 0.3) is 5.91 Å². The topological polar surface area (TPSA) is 90.4 Å². The Balaban J connectivity index is 1.44. The first-order valence-electron chi connectivity index (χ1n) is 13.9. The number of aryl methyl sites for hydroxylation is 2. The highest BCUT2D eigenvalue weighted by molar-refractivity contribution is 6.06. The average Bonchev–Trinajstić information content (AvgIpc) is 3.19. The van der Waals surface area contributed by atoms with Gasteiger partial charge >= 0.3 is 0 Å². The van der Waals surface area contributed by atoms with Crippen molar-refractivity contribution >= 4 is 23.4 Å². The number of hydrogen-bond acceptors (Lipinski definition) is 5. The summed E-state index contributed by atoms with van der Waals surface area (Å²) in [6.45, 7) is 6.56. The summed E-state index contributed by atoms with van der Waals surface area (Å²) in [5.41, 5.74) is 1.31. The summed E-state index contributed by atoms with van der Waals surface area (Å²) in [6, 6.07) is 14.7. The maximum absolute atomic E-state index is 14.4. The molecule has 4 heterocycles. The zero-order valence-corrected chi connectivity index (χ0v) is 23.1. The number of carbonyl (C=O) groups excluding carboxylic acids is 3. The second kappa shape index (κ2) is 9.71. The van der Waals surface area contributed by atoms with Crippen molar-refractivity contribution in [1.29, 1.82) is 0 Å². The lowest BCUT2D eigenvalue weighted by Gasteiger charge is -2.37. The Bertz CT molecular complexity index is 1420. The van der Waals surface area contributed by atoms with Crippen molar-refractivity contribution in [2.24, 2.45) is 11.8 Å². The van der Waals surface area contributed by atoms with Gasteiger partial charge in [0.2, 0.25) is 11.8 Å². The van der Waals surface area contributed by atoms with E-state index in [-0.39, 0.29) is 30.9 Å². The van der Waals surface area contributed by atoms with Crippen LogP contribution in [0.4, 0.5) is 5.69 Å². The number of fused-ring (bicyclic) bond motifs is 2. The van der Waals surface area contributed by atoms with Crippen LogP contribution in [-0.4, -0.2) is 76.1 Å². The van der Waals surface area contributed by atoms with Crippen LogP contribution in [0.3, 0.4) is 0 Å². The Morgan fingerprint density at radius 2 is 1.68 bits per heavy atom. The van der Waals surface area contributed by atoms with Gasteiger partial charge < -0.3 is 24.5 Å². The van der Waals surface area contributed by atoms with Crippen molar-refractivity contribution in [3.05, 3.63) is 89.5 Å². The molecule has 0 saturated carbocycles. The molecule has 0 radical (unpaired) electrons. The van der Waals surface area contributed by atoms with Crippen molar-refractivity contribution in [3.8, 4) is 0 Å². The first-order valence-corrected chi connectivity index (χ1v) is 13.9. The molecule has 1 spiro atoms. The van der Waals surface area contributed by atoms with E-state index in [0.29, 0.717) is 19.6 Å². The highest BCUT2D eigenvalue weighted by Gasteiger charge is 2.74. The largest absolute Gasteiger partial charge is 0.395 e. The molecule has 2 saturated heterocycles. The summed E-state index contributed by atoms with van der Waals surface area (Å²) in [6.07, 6.45) is 7.53. The Morgan fingerprint density at radius 1 is 0.925 bits per heavy atom. The van der Waals surface area contributed by atoms with Crippen molar-refractivity contribution in [2.45, 2.75) is 44.6 Å². The van der Waals surface area contributed by atoms with E-state index in [2.05, 4.69) is 0 Å². The fraction of sp³-hybridized carbons (Fsp3) is 0.406. The number of ether oxygens (including phenoxy) is 1. The Hall–Kier alpha value is -3.75. The molecule has 208 valence electrons. The smallest absolute Gasteiger partial charge is 0.253 e. The normalized spacial score (nSPS) is 31.2. The van der Waals surface area contributed by atoms with Crippen molar-refractivity contribution in [3.63, 3.8) is 0 Å². The fourth-order valence-electron chi connectivity index (χ4n) is 7.09. The monoisotopic (exact) mass is 541 g/mol. The molecular formula is C32H35N3O5. The molecule has 1 N–H and O–H groups in total. The number of amides is 3. The van der Waals surface area contributed by atoms with Gasteiger partial charge in [-0.25, -0.2) is 0 Å². The van der Waals surface area contributed by atoms with Gasteiger partial charge in [-0.15, -0.1) is 0 Å². The van der Waals surface area contributed by atoms with E-state index in [9.17, 15) is 19.5 Å². The predicted octanol–water partition coefficient (Wildman–Crippen LogP) is 2.77. The van der Waals surface area contributed by atoms with Gasteiger partial charge in [0.15, 0.2) is 0 Å². The molecule has 0 aliphatic carbocycles. The minimum Gasteiger partial charge on any atom is -0.395 e. The maximum Gasteiger partial charge on any atom is 0.253 e. The molecule has 1 unspecified atom stereocenters. The second-order valence-corrected chi connectivity index (χ2v) is 11.5. The standard InChI is InChI=1S/C32H35N3O5/c1-21-11-12-22(2)24(19-21)34-16-8-14-32-26(29(38)35(17-18-36)27(32)30(34)39)25-28(37)33(15-7-13-31(25,3)40-32)20-23-9-5-4-6-10-23/h4-14,19,25-27,36H,15-18,20H2,1-3H3/t25-,26-,27?,31+,32-/m0/s1. The highest BCUT2D eigenvalue weighted by Crippen LogP contribution is 2.57. The van der Waals surface area contributed by atoms with E-state index >= 15 is 0 Å². The van der Waals surface area contributed by atoms with E-state index in [1.54, 1.807) is 9.80 Å². The molecule has 6 rings (SSSR count). The molecular weight excluding hydrogens is 506 g/mol. The summed E-state index contributed by atoms with van der Waals surface area (Å²) < 4.78 is 6.84. The third kappa shape index (κ3) is 3.92. The Morgan fingerprint density at radius 3 is 2.42 bits per heavy atom. The maximum atomic E-state index is 14.4. The van der Waals surface area contributed by atoms with Crippen LogP contribution in [0.5, 0.6) is 0 Å². The zero-order chi connectivity index (χ0) is 28.2. The number of β-amino-alcohol motifs (C(OH)–C–C–N with tert-alkyl or cyclic N) is 1. The number of carbonyl (C=O) groups is 3. The molecule has 4 aliphatic rings. The minimum absolute atomic E-state index is 0.0213. The lowest BCUT2D eigenvalue weighted by atomic mass is 9.74. The number of hydrogen-bond donors (Lipinski definition) is 1. The van der Waals surface area contributed by atoms with Crippen LogP contribution in [-0.2, 0) is 25.7 Å². The highest BCUT2D eigenvalue weighted by atomic mass is 16.5. The molecule has 8 nitrogen and oxygen atoms in total. The van der Waals surface area contributed by atoms with Crippen LogP contribution in [0, 0.1) is 25.7 Å². The van der Waals surface area contributed by atoms with Gasteiger partial charge in [0.05, 0.1) is 24.0 Å². The summed E-state index contributed by atoms with van der Waals surface area (Å²) in [5, 5.41) is 9.94. The quantitative estimate of drug-likeness (QED) is 0.588. The molecule has 2 aromatic rings. The van der Waals surface area contributed by atoms with Crippen LogP contribution in [0.15, 0.2) is 72.8 Å². The third-order valence-electron chi connectivity index (χ3n) is 8.85. The first-order chi connectivity index (χ1) is 19.2. The van der Waals surface area contributed by atoms with E-state index < -0.39 is 29.1 Å². The van der Waals surface area contributed by atoms with Crippen LogP contribution in [0.2, 0.25) is 0 Å². The van der Waals surface area contributed by atoms with Crippen LogP contribution in [0.1, 0.15) is 23.6 Å². The lowest BCUT2D eigenvalue weighted by Crippen LogP contribution is -2.56. The summed E-state index contributed by atoms with van der Waals surface area (Å²) >= 11 is 0. The molecule has 0 aromatic heterocycles. The molecule has 40 heavy (non-hydrogen) atoms. The molecule has 3 amide bonds. The van der Waals surface area contributed by atoms with Crippen LogP contribution in [0.25, 0.3) is 0 Å². The number of benzene rings is 2. The number of nitrogens with zero attached hydrogens (tertiary/aromatic N) is 3. The van der Waals surface area contributed by atoms with Crippen LogP contribution < -0.4 is 4.90 Å². The van der Waals surface area contributed by atoms with Gasteiger partial charge in [0.1, 0.15) is 11.6 Å². The van der Waals surface area contributed by atoms with Gasteiger partial charge in [-0.2, -0.15) is 0 Å². The lowest BCUT2D eigenvalue weighted by molar-refractivity contribution is -0.149. The van der Waals surface area contributed by atoms with Crippen molar-refractivity contribution in [2.75, 3.05) is 31.1 Å². The van der Waals surface area contributed by atoms with Gasteiger partial charge in [0, 0.05) is 31.9 Å². The van der Waals surface area contributed by atoms with Crippen molar-refractivity contribution < 1.29 is 24.2 Å². The first kappa shape index (κ1) is 26.5. The molecule has 2 fully saturated rings. The summed E-state index contributed by atoms with van der Waals surface area (Å²) in [5.74, 6) is -2.51. The molecule has 2 aromatic carbocycles. The Kier molecular flexibility index (Phi) is 6.43. The summed E-state index contributed by atoms with van der Waals surface area (Å²) in [4.78, 5) is 47.8. The SMILES string of the molecule is Cc1ccc(C)c(N2CC=C[C@]34O[C@]5(C)C=CCN(Cc6ccccc6)C(=O)[C@@H]5[C@H]3C(=O)N(CCO)C4C2=O)c1. The fourth-order valence-corrected chi connectivity index (χ4v) is 7.09. The van der Waals surface area contributed by atoms with Gasteiger partial charge in [-0.05, 0) is 43.5 Å². The van der Waals surface area contributed by atoms with Crippen LogP contribution >= 0.6 is 0 Å². The number of aliphatic hydroxyl groups is 1. The molecule has 0 bridgehead atoms. The Labute approximate surface area is 234 Å². The third-order valence-corrected chi connectivity index (χ3v) is 8.85.